The molecule has 3 rings (SSSR count). The van der Waals surface area contributed by atoms with E-state index in [2.05, 4.69) is 10.2 Å². The quantitative estimate of drug-likeness (QED) is 0.826. The summed E-state index contributed by atoms with van der Waals surface area (Å²) < 4.78 is 19.0. The lowest BCUT2D eigenvalue weighted by molar-refractivity contribution is 0.0329. The van der Waals surface area contributed by atoms with E-state index in [1.165, 1.54) is 31.7 Å². The van der Waals surface area contributed by atoms with Crippen LogP contribution in [0.25, 0.3) is 0 Å². The second-order valence-electron chi connectivity index (χ2n) is 7.31. The highest BCUT2D eigenvalue weighted by molar-refractivity contribution is 5.67. The topological polar surface area (TPSA) is 50.5 Å². The molecule has 0 unspecified atom stereocenters. The molecule has 1 aliphatic carbocycles. The van der Waals surface area contributed by atoms with Crippen molar-refractivity contribution in [1.29, 1.82) is 0 Å². The predicted molar refractivity (Wildman–Crippen MR) is 96.8 cm³/mol. The van der Waals surface area contributed by atoms with Crippen LogP contribution in [0.4, 0.5) is 15.8 Å². The van der Waals surface area contributed by atoms with Gasteiger partial charge in [-0.3, -0.25) is 0 Å². The van der Waals surface area contributed by atoms with Gasteiger partial charge in [-0.15, -0.1) is 0 Å². The highest BCUT2D eigenvalue weighted by atomic mass is 19.1. The number of methoxy groups -OCH3 is 1. The summed E-state index contributed by atoms with van der Waals surface area (Å²) in [7, 11) is 1.82. The fourth-order valence-electron chi connectivity index (χ4n) is 4.10. The summed E-state index contributed by atoms with van der Waals surface area (Å²) >= 11 is 0. The van der Waals surface area contributed by atoms with Crippen molar-refractivity contribution in [1.82, 2.24) is 4.90 Å². The van der Waals surface area contributed by atoms with Gasteiger partial charge in [0.15, 0.2) is 0 Å². The molecule has 3 N–H and O–H groups in total. The zero-order valence-electron chi connectivity index (χ0n) is 14.9. The second kappa shape index (κ2) is 7.70. The summed E-state index contributed by atoms with van der Waals surface area (Å²) in [6, 6.07) is 4.38. The number of nitrogens with zero attached hydrogens (tertiary/aromatic N) is 1. The molecular weight excluding hydrogens is 305 g/mol. The number of piperidine rings is 1. The Hall–Kier alpha value is -1.33. The molecule has 0 radical (unpaired) electrons. The van der Waals surface area contributed by atoms with Crippen molar-refractivity contribution in [2.75, 3.05) is 31.2 Å². The number of likely N-dealkylation sites (tertiary alicyclic amines) is 1. The van der Waals surface area contributed by atoms with Gasteiger partial charge in [0, 0.05) is 32.3 Å². The molecule has 1 saturated carbocycles. The number of halogens is 1. The van der Waals surface area contributed by atoms with Gasteiger partial charge >= 0.3 is 0 Å². The third-order valence-corrected chi connectivity index (χ3v) is 5.71. The number of nitrogens with two attached hydrogens (primary N) is 1. The third-order valence-electron chi connectivity index (χ3n) is 5.71. The van der Waals surface area contributed by atoms with Gasteiger partial charge in [-0.2, -0.15) is 0 Å². The fourth-order valence-corrected chi connectivity index (χ4v) is 4.10. The molecule has 1 saturated heterocycles. The van der Waals surface area contributed by atoms with Gasteiger partial charge in [0.25, 0.3) is 0 Å². The van der Waals surface area contributed by atoms with E-state index in [0.717, 1.165) is 37.7 Å². The Morgan fingerprint density at radius 2 is 1.79 bits per heavy atom. The maximum atomic E-state index is 13.5. The summed E-state index contributed by atoms with van der Waals surface area (Å²) in [6.45, 7) is 4.03. The first-order valence-corrected chi connectivity index (χ1v) is 9.16. The number of nitrogens with one attached hydrogen (secondary N) is 1. The first kappa shape index (κ1) is 17.5. The molecule has 134 valence electrons. The van der Waals surface area contributed by atoms with E-state index in [4.69, 9.17) is 10.5 Å². The smallest absolute Gasteiger partial charge is 0.128 e. The lowest BCUT2D eigenvalue weighted by Crippen LogP contribution is -2.46. The maximum absolute atomic E-state index is 13.5. The molecule has 0 amide bonds. The van der Waals surface area contributed by atoms with Crippen molar-refractivity contribution < 1.29 is 9.13 Å². The molecule has 0 bridgehead atoms. The van der Waals surface area contributed by atoms with E-state index < -0.39 is 0 Å². The average Bonchev–Trinajstić information content (AvgIpc) is 2.60. The lowest BCUT2D eigenvalue weighted by atomic mass is 9.90. The molecular formula is C19H30FN3O. The molecule has 0 aromatic heterocycles. The highest BCUT2D eigenvalue weighted by Crippen LogP contribution is 2.29. The average molecular weight is 335 g/mol. The van der Waals surface area contributed by atoms with Gasteiger partial charge in [-0.25, -0.2) is 4.39 Å². The largest absolute Gasteiger partial charge is 0.397 e. The van der Waals surface area contributed by atoms with Crippen LogP contribution >= 0.6 is 0 Å². The fraction of sp³-hybridized carbons (Fsp3) is 0.684. The van der Waals surface area contributed by atoms with Crippen molar-refractivity contribution in [2.45, 2.75) is 63.6 Å². The molecule has 1 aromatic rings. The van der Waals surface area contributed by atoms with Crippen LogP contribution in [0.1, 0.15) is 44.1 Å². The van der Waals surface area contributed by atoms with Crippen LogP contribution in [0, 0.1) is 12.7 Å². The molecule has 2 fully saturated rings. The summed E-state index contributed by atoms with van der Waals surface area (Å²) in [5.74, 6) is -0.237. The number of benzene rings is 1. The number of hydrogen-bond acceptors (Lipinski definition) is 4. The van der Waals surface area contributed by atoms with Gasteiger partial charge in [-0.05, 0) is 63.1 Å². The van der Waals surface area contributed by atoms with Crippen LogP contribution in [0.2, 0.25) is 0 Å². The van der Waals surface area contributed by atoms with Crippen molar-refractivity contribution in [3.8, 4) is 0 Å². The normalized spacial score (nSPS) is 26.5. The number of nitrogen functional groups attached to an aromatic ring is 1. The van der Waals surface area contributed by atoms with Gasteiger partial charge in [0.1, 0.15) is 5.82 Å². The molecule has 0 atom stereocenters. The van der Waals surface area contributed by atoms with Crippen LogP contribution < -0.4 is 11.1 Å². The summed E-state index contributed by atoms with van der Waals surface area (Å²) in [6.07, 6.45) is 7.56. The van der Waals surface area contributed by atoms with E-state index in [-0.39, 0.29) is 5.82 Å². The first-order chi connectivity index (χ1) is 11.6. The van der Waals surface area contributed by atoms with Gasteiger partial charge in [0.2, 0.25) is 0 Å². The molecule has 1 aliphatic heterocycles. The van der Waals surface area contributed by atoms with E-state index >= 15 is 0 Å². The monoisotopic (exact) mass is 335 g/mol. The van der Waals surface area contributed by atoms with Gasteiger partial charge in [0.05, 0.1) is 17.5 Å². The Morgan fingerprint density at radius 1 is 1.12 bits per heavy atom. The van der Waals surface area contributed by atoms with E-state index in [0.29, 0.717) is 23.4 Å². The first-order valence-electron chi connectivity index (χ1n) is 9.16. The summed E-state index contributed by atoms with van der Waals surface area (Å²) in [4.78, 5) is 2.64. The predicted octanol–water partition coefficient (Wildman–Crippen LogP) is 3.55. The van der Waals surface area contributed by atoms with Gasteiger partial charge < -0.3 is 20.7 Å². The molecule has 1 heterocycles. The number of rotatable bonds is 4. The van der Waals surface area contributed by atoms with Gasteiger partial charge in [-0.1, -0.05) is 0 Å². The molecule has 1 aromatic carbocycles. The highest BCUT2D eigenvalue weighted by Gasteiger charge is 2.29. The Bertz CT molecular complexity index is 550. The number of aryl methyl sites for hydroxylation is 1. The van der Waals surface area contributed by atoms with Crippen LogP contribution in [0.3, 0.4) is 0 Å². The van der Waals surface area contributed by atoms with Crippen molar-refractivity contribution >= 4 is 11.4 Å². The standard InChI is InChI=1S/C19H30FN3O/c1-13-11-19(18(21)12-17(13)20)22-14-7-9-23(10-8-14)15-3-5-16(24-2)6-4-15/h11-12,14-16,22H,3-10,21H2,1-2H3/t15-,16-. The Balaban J connectivity index is 1.50. The van der Waals surface area contributed by atoms with Crippen LogP contribution in [-0.4, -0.2) is 43.3 Å². The Labute approximate surface area is 144 Å². The van der Waals surface area contributed by atoms with Crippen LogP contribution in [0.15, 0.2) is 12.1 Å². The molecule has 2 aliphatic rings. The van der Waals surface area contributed by atoms with Crippen molar-refractivity contribution in [2.24, 2.45) is 0 Å². The van der Waals surface area contributed by atoms with Crippen LogP contribution in [0.5, 0.6) is 0 Å². The molecule has 24 heavy (non-hydrogen) atoms. The Morgan fingerprint density at radius 3 is 2.42 bits per heavy atom. The lowest BCUT2D eigenvalue weighted by Gasteiger charge is -2.41. The van der Waals surface area contributed by atoms with E-state index in [1.807, 2.05) is 13.2 Å². The van der Waals surface area contributed by atoms with Crippen molar-refractivity contribution in [3.63, 3.8) is 0 Å². The minimum Gasteiger partial charge on any atom is -0.397 e. The minimum absolute atomic E-state index is 0.237. The maximum Gasteiger partial charge on any atom is 0.128 e. The minimum atomic E-state index is -0.237. The number of hydrogen-bond donors (Lipinski definition) is 2. The summed E-state index contributed by atoms with van der Waals surface area (Å²) in [5, 5.41) is 3.52. The van der Waals surface area contributed by atoms with Crippen molar-refractivity contribution in [3.05, 3.63) is 23.5 Å². The molecule has 5 heteroatoms. The Kier molecular flexibility index (Phi) is 5.61. The molecule has 0 spiro atoms. The zero-order chi connectivity index (χ0) is 17.1. The third kappa shape index (κ3) is 4.01. The second-order valence-corrected chi connectivity index (χ2v) is 7.31. The zero-order valence-corrected chi connectivity index (χ0v) is 14.9. The van der Waals surface area contributed by atoms with Crippen LogP contribution in [-0.2, 0) is 4.74 Å². The SMILES string of the molecule is CO[C@H]1CC[C@H](N2CCC(Nc3cc(C)c(F)cc3N)CC2)CC1. The molecule has 4 nitrogen and oxygen atoms in total. The van der Waals surface area contributed by atoms with E-state index in [1.54, 1.807) is 6.92 Å². The number of anilines is 2. The van der Waals surface area contributed by atoms with E-state index in [9.17, 15) is 4.39 Å². The summed E-state index contributed by atoms with van der Waals surface area (Å²) in [5.41, 5.74) is 7.96. The number of ether oxygens (including phenoxy) is 1.